The van der Waals surface area contributed by atoms with E-state index in [2.05, 4.69) is 84.9 Å². The summed E-state index contributed by atoms with van der Waals surface area (Å²) in [5.41, 5.74) is 14.0. The molecule has 10 rings (SSSR count). The van der Waals surface area contributed by atoms with Crippen LogP contribution in [-0.2, 0) is 19.6 Å². The van der Waals surface area contributed by atoms with E-state index in [1.807, 2.05) is 40.9 Å². The van der Waals surface area contributed by atoms with Gasteiger partial charge in [0.15, 0.2) is 0 Å². The number of aliphatic hydroxyl groups is 2. The van der Waals surface area contributed by atoms with Gasteiger partial charge in [-0.15, -0.1) is 45.3 Å². The van der Waals surface area contributed by atoms with Gasteiger partial charge in [-0.3, -0.25) is 0 Å². The highest BCUT2D eigenvalue weighted by Crippen LogP contribution is 2.61. The molecule has 2 aliphatic carbocycles. The van der Waals surface area contributed by atoms with Gasteiger partial charge in [-0.25, -0.2) is 0 Å². The molecule has 0 saturated carbocycles. The third kappa shape index (κ3) is 3.68. The summed E-state index contributed by atoms with van der Waals surface area (Å²) < 4.78 is 5.05. The number of benzene rings is 4. The predicted molar refractivity (Wildman–Crippen MR) is 197 cm³/mol. The van der Waals surface area contributed by atoms with Crippen molar-refractivity contribution in [2.24, 2.45) is 0 Å². The Morgan fingerprint density at radius 3 is 1.76 bits per heavy atom. The minimum absolute atomic E-state index is 0.0326. The van der Waals surface area contributed by atoms with E-state index in [1.54, 1.807) is 22.7 Å². The molecule has 4 aromatic heterocycles. The quantitative estimate of drug-likeness (QED) is 0.192. The van der Waals surface area contributed by atoms with Crippen molar-refractivity contribution < 1.29 is 10.2 Å². The van der Waals surface area contributed by atoms with Crippen LogP contribution >= 0.6 is 45.3 Å². The molecule has 2 aliphatic rings. The lowest BCUT2D eigenvalue weighted by Gasteiger charge is -2.18. The Hall–Kier alpha value is -3.88. The van der Waals surface area contributed by atoms with Crippen molar-refractivity contribution in [3.05, 3.63) is 142 Å². The molecule has 0 saturated heterocycles. The SMILES string of the molecule is OCc1c(-c2ccccc2)sc2c(CO)c(-c3ccccc3C3c4ccccc4-c4sc5c6c(sc5c43)-c3ccccc3C6)sc12. The number of rotatable bonds is 5. The fraction of sp³-hybridized carbons (Fsp3) is 0.100. The van der Waals surface area contributed by atoms with Gasteiger partial charge in [0, 0.05) is 48.5 Å². The molecule has 46 heavy (non-hydrogen) atoms. The van der Waals surface area contributed by atoms with Gasteiger partial charge in [0.25, 0.3) is 0 Å². The van der Waals surface area contributed by atoms with E-state index in [4.69, 9.17) is 0 Å². The molecule has 0 aliphatic heterocycles. The molecular formula is C40H26O2S4. The Balaban J connectivity index is 1.19. The van der Waals surface area contributed by atoms with Gasteiger partial charge < -0.3 is 10.2 Å². The minimum atomic E-state index is -0.0461. The van der Waals surface area contributed by atoms with Gasteiger partial charge in [0.05, 0.1) is 32.0 Å². The second kappa shape index (κ2) is 10.3. The molecule has 222 valence electrons. The molecule has 0 fully saturated rings. The molecule has 6 heteroatoms. The van der Waals surface area contributed by atoms with Crippen LogP contribution in [-0.4, -0.2) is 10.2 Å². The van der Waals surface area contributed by atoms with Crippen LogP contribution in [0.4, 0.5) is 0 Å². The Morgan fingerprint density at radius 2 is 1.04 bits per heavy atom. The normalized spacial score (nSPS) is 14.6. The topological polar surface area (TPSA) is 40.5 Å². The van der Waals surface area contributed by atoms with Crippen LogP contribution in [0.25, 0.3) is 60.6 Å². The Morgan fingerprint density at radius 1 is 0.500 bits per heavy atom. The molecule has 0 radical (unpaired) electrons. The third-order valence-corrected chi connectivity index (χ3v) is 15.2. The number of aliphatic hydroxyl groups excluding tert-OH is 2. The first-order valence-electron chi connectivity index (χ1n) is 15.4. The summed E-state index contributed by atoms with van der Waals surface area (Å²) in [7, 11) is 0. The number of hydrogen-bond donors (Lipinski definition) is 2. The molecule has 8 aromatic rings. The Labute approximate surface area is 282 Å². The van der Waals surface area contributed by atoms with Gasteiger partial charge in [0.1, 0.15) is 0 Å². The molecule has 2 N–H and O–H groups in total. The molecular weight excluding hydrogens is 641 g/mol. The smallest absolute Gasteiger partial charge is 0.0710 e. The second-order valence-corrected chi connectivity index (χ2v) is 16.1. The van der Waals surface area contributed by atoms with Crippen LogP contribution in [0.15, 0.2) is 103 Å². The van der Waals surface area contributed by atoms with E-state index in [1.165, 1.54) is 63.7 Å². The van der Waals surface area contributed by atoms with Crippen molar-refractivity contribution in [3.8, 4) is 41.8 Å². The Kier molecular flexibility index (Phi) is 6.11. The van der Waals surface area contributed by atoms with Gasteiger partial charge in [-0.2, -0.15) is 0 Å². The largest absolute Gasteiger partial charge is 0.392 e. The standard InChI is InChI=1S/C40H26O2S4/c41-19-29-33(21-10-2-1-3-11-21)43-39-30(20-42)35(44-38(29)39)26-16-8-6-14-24(26)31-25-15-7-9-17-27(25)36-32(31)40-37(46-36)28-18-22-12-4-5-13-23(22)34(28)45-40/h1-17,31,41-42H,18-20H2. The summed E-state index contributed by atoms with van der Waals surface area (Å²) in [6, 6.07) is 36.9. The van der Waals surface area contributed by atoms with Gasteiger partial charge in [-0.05, 0) is 44.5 Å². The molecule has 1 unspecified atom stereocenters. The van der Waals surface area contributed by atoms with Crippen molar-refractivity contribution in [3.63, 3.8) is 0 Å². The maximum Gasteiger partial charge on any atom is 0.0710 e. The van der Waals surface area contributed by atoms with Gasteiger partial charge in [0.2, 0.25) is 0 Å². The predicted octanol–water partition coefficient (Wildman–Crippen LogP) is 11.3. The summed E-state index contributed by atoms with van der Waals surface area (Å²) in [5.74, 6) is 0.106. The van der Waals surface area contributed by atoms with E-state index in [0.29, 0.717) is 0 Å². The number of fused-ring (bicyclic) bond motifs is 10. The molecule has 1 atom stereocenters. The molecule has 4 heterocycles. The first-order chi connectivity index (χ1) is 22.7. The van der Waals surface area contributed by atoms with Crippen LogP contribution in [0.5, 0.6) is 0 Å². The number of hydrogen-bond acceptors (Lipinski definition) is 6. The lowest BCUT2D eigenvalue weighted by molar-refractivity contribution is 0.283. The molecule has 2 nitrogen and oxygen atoms in total. The zero-order valence-electron chi connectivity index (χ0n) is 24.5. The maximum absolute atomic E-state index is 10.9. The van der Waals surface area contributed by atoms with Crippen LogP contribution < -0.4 is 0 Å². The van der Waals surface area contributed by atoms with Crippen LogP contribution in [0.3, 0.4) is 0 Å². The number of thiophene rings is 4. The first kappa shape index (κ1) is 27.3. The van der Waals surface area contributed by atoms with Gasteiger partial charge in [-0.1, -0.05) is 103 Å². The lowest BCUT2D eigenvalue weighted by Crippen LogP contribution is -2.01. The highest BCUT2D eigenvalue weighted by molar-refractivity contribution is 7.32. The highest BCUT2D eigenvalue weighted by atomic mass is 32.1. The third-order valence-electron chi connectivity index (χ3n) is 9.67. The van der Waals surface area contributed by atoms with E-state index in [9.17, 15) is 10.2 Å². The lowest BCUT2D eigenvalue weighted by atomic mass is 9.86. The molecule has 4 aromatic carbocycles. The summed E-state index contributed by atoms with van der Waals surface area (Å²) in [6.45, 7) is -0.0787. The van der Waals surface area contributed by atoms with E-state index in [-0.39, 0.29) is 19.1 Å². The first-order valence-corrected chi connectivity index (χ1v) is 18.7. The molecule has 0 bridgehead atoms. The Bertz CT molecular complexity index is 2490. The minimum Gasteiger partial charge on any atom is -0.392 e. The van der Waals surface area contributed by atoms with E-state index >= 15 is 0 Å². The van der Waals surface area contributed by atoms with E-state index in [0.717, 1.165) is 42.3 Å². The van der Waals surface area contributed by atoms with Crippen LogP contribution in [0.1, 0.15) is 44.9 Å². The van der Waals surface area contributed by atoms with Crippen molar-refractivity contribution in [2.45, 2.75) is 25.6 Å². The van der Waals surface area contributed by atoms with Gasteiger partial charge >= 0.3 is 0 Å². The fourth-order valence-electron chi connectivity index (χ4n) is 7.66. The average molecular weight is 667 g/mol. The maximum atomic E-state index is 10.9. The molecule has 0 spiro atoms. The molecule has 0 amide bonds. The van der Waals surface area contributed by atoms with Crippen molar-refractivity contribution in [1.29, 1.82) is 0 Å². The zero-order chi connectivity index (χ0) is 30.5. The zero-order valence-corrected chi connectivity index (χ0v) is 27.8. The summed E-state index contributed by atoms with van der Waals surface area (Å²) in [5, 5.41) is 21.5. The second-order valence-electron chi connectivity index (χ2n) is 12.0. The summed E-state index contributed by atoms with van der Waals surface area (Å²) in [6.07, 6.45) is 1.01. The van der Waals surface area contributed by atoms with Crippen LogP contribution in [0.2, 0.25) is 0 Å². The van der Waals surface area contributed by atoms with Crippen molar-refractivity contribution in [2.75, 3.05) is 0 Å². The monoisotopic (exact) mass is 666 g/mol. The average Bonchev–Trinajstić information content (AvgIpc) is 3.92. The summed E-state index contributed by atoms with van der Waals surface area (Å²) in [4.78, 5) is 5.03. The fourth-order valence-corrected chi connectivity index (χ4v) is 13.7. The van der Waals surface area contributed by atoms with Crippen LogP contribution in [0, 0.1) is 0 Å². The summed E-state index contributed by atoms with van der Waals surface area (Å²) >= 11 is 7.36. The van der Waals surface area contributed by atoms with Crippen molar-refractivity contribution in [1.82, 2.24) is 0 Å². The van der Waals surface area contributed by atoms with E-state index < -0.39 is 0 Å². The highest BCUT2D eigenvalue weighted by Gasteiger charge is 2.38. The van der Waals surface area contributed by atoms with Crippen molar-refractivity contribution >= 4 is 64.1 Å².